The van der Waals surface area contributed by atoms with Gasteiger partial charge >= 0.3 is 0 Å². The molecular weight excluding hydrogens is 170 g/mol. The fourth-order valence-corrected chi connectivity index (χ4v) is 1.14. The predicted molar refractivity (Wildman–Crippen MR) is 45.4 cm³/mol. The molecule has 68 valence electrons. The fourth-order valence-electron chi connectivity index (χ4n) is 1.14. The first-order valence-corrected chi connectivity index (χ1v) is 3.95. The van der Waals surface area contributed by atoms with Gasteiger partial charge in [0.05, 0.1) is 6.61 Å². The molecule has 0 aliphatic heterocycles. The molecule has 5 heteroatoms. The summed E-state index contributed by atoms with van der Waals surface area (Å²) in [5, 5.41) is 22.1. The zero-order valence-corrected chi connectivity index (χ0v) is 6.88. The average Bonchev–Trinajstić information content (AvgIpc) is 2.49. The average molecular weight is 179 g/mol. The second-order valence-corrected chi connectivity index (χ2v) is 2.66. The normalized spacial score (nSPS) is 10.8. The molecule has 2 rings (SSSR count). The number of nitrogens with zero attached hydrogens (tertiary/aromatic N) is 3. The number of aliphatic hydroxyl groups excluding tert-OH is 1. The van der Waals surface area contributed by atoms with Gasteiger partial charge in [0.1, 0.15) is 0 Å². The van der Waals surface area contributed by atoms with Crippen LogP contribution in [0.5, 0.6) is 5.75 Å². The minimum Gasteiger partial charge on any atom is -0.504 e. The van der Waals surface area contributed by atoms with E-state index in [1.165, 1.54) is 4.52 Å². The molecule has 13 heavy (non-hydrogen) atoms. The molecule has 0 atom stereocenters. The van der Waals surface area contributed by atoms with Crippen LogP contribution in [0.15, 0.2) is 18.3 Å². The Balaban J connectivity index is 2.55. The van der Waals surface area contributed by atoms with Crippen molar-refractivity contribution in [3.05, 3.63) is 24.2 Å². The lowest BCUT2D eigenvalue weighted by Crippen LogP contribution is -1.93. The van der Waals surface area contributed by atoms with Crippen LogP contribution in [0.1, 0.15) is 5.82 Å². The van der Waals surface area contributed by atoms with E-state index in [4.69, 9.17) is 5.11 Å². The molecule has 2 aromatic rings. The van der Waals surface area contributed by atoms with Gasteiger partial charge in [0.2, 0.25) is 0 Å². The summed E-state index contributed by atoms with van der Waals surface area (Å²) in [4.78, 5) is 4.04. The number of pyridine rings is 1. The maximum atomic E-state index is 9.37. The zero-order chi connectivity index (χ0) is 9.26. The third-order valence-corrected chi connectivity index (χ3v) is 1.72. The molecular formula is C8H9N3O2. The van der Waals surface area contributed by atoms with E-state index in [0.717, 1.165) is 0 Å². The summed E-state index contributed by atoms with van der Waals surface area (Å²) >= 11 is 0. The highest BCUT2D eigenvalue weighted by atomic mass is 16.3. The molecule has 0 saturated carbocycles. The van der Waals surface area contributed by atoms with Crippen LogP contribution in [-0.2, 0) is 6.42 Å². The van der Waals surface area contributed by atoms with Crippen LogP contribution in [0.25, 0.3) is 5.65 Å². The smallest absolute Gasteiger partial charge is 0.197 e. The zero-order valence-electron chi connectivity index (χ0n) is 6.88. The predicted octanol–water partition coefficient (Wildman–Crippen LogP) is -0.0303. The highest BCUT2D eigenvalue weighted by Gasteiger charge is 2.05. The molecule has 0 saturated heterocycles. The van der Waals surface area contributed by atoms with Crippen LogP contribution < -0.4 is 0 Å². The highest BCUT2D eigenvalue weighted by molar-refractivity contribution is 5.51. The van der Waals surface area contributed by atoms with Crippen LogP contribution in [0.2, 0.25) is 0 Å². The van der Waals surface area contributed by atoms with Crippen LogP contribution >= 0.6 is 0 Å². The van der Waals surface area contributed by atoms with Gasteiger partial charge in [0, 0.05) is 12.6 Å². The lowest BCUT2D eigenvalue weighted by Gasteiger charge is -1.91. The van der Waals surface area contributed by atoms with Crippen molar-refractivity contribution in [2.24, 2.45) is 0 Å². The number of aromatic nitrogens is 3. The molecule has 0 aromatic carbocycles. The topological polar surface area (TPSA) is 70.7 Å². The van der Waals surface area contributed by atoms with Crippen molar-refractivity contribution >= 4 is 5.65 Å². The number of fused-ring (bicyclic) bond motifs is 1. The highest BCUT2D eigenvalue weighted by Crippen LogP contribution is 2.14. The molecule has 0 spiro atoms. The van der Waals surface area contributed by atoms with E-state index in [1.54, 1.807) is 18.3 Å². The largest absolute Gasteiger partial charge is 0.504 e. The molecule has 0 unspecified atom stereocenters. The van der Waals surface area contributed by atoms with E-state index < -0.39 is 0 Å². The maximum absolute atomic E-state index is 9.37. The Labute approximate surface area is 74.3 Å². The van der Waals surface area contributed by atoms with Crippen molar-refractivity contribution in [2.75, 3.05) is 6.61 Å². The van der Waals surface area contributed by atoms with Crippen molar-refractivity contribution in [3.63, 3.8) is 0 Å². The first kappa shape index (κ1) is 8.00. The summed E-state index contributed by atoms with van der Waals surface area (Å²) in [6.07, 6.45) is 2.10. The van der Waals surface area contributed by atoms with E-state index in [1.807, 2.05) is 0 Å². The molecule has 2 heterocycles. The number of hydrogen-bond acceptors (Lipinski definition) is 4. The maximum Gasteiger partial charge on any atom is 0.197 e. The third kappa shape index (κ3) is 1.33. The first-order chi connectivity index (χ1) is 6.31. The molecule has 0 bridgehead atoms. The molecule has 0 amide bonds. The Morgan fingerprint density at radius 3 is 3.00 bits per heavy atom. The van der Waals surface area contributed by atoms with Crippen molar-refractivity contribution in [3.8, 4) is 5.75 Å². The summed E-state index contributed by atoms with van der Waals surface area (Å²) in [6.45, 7) is 0.0116. The third-order valence-electron chi connectivity index (χ3n) is 1.72. The quantitative estimate of drug-likeness (QED) is 0.679. The Bertz CT molecular complexity index is 424. The molecule has 2 N–H and O–H groups in total. The van der Waals surface area contributed by atoms with Crippen LogP contribution in [-0.4, -0.2) is 31.4 Å². The standard InChI is InChI=1S/C8H9N3O2/c12-5-3-7-9-8-6(13)2-1-4-11(8)10-7/h1-2,4,12-13H,3,5H2. The number of hydrogen-bond donors (Lipinski definition) is 2. The number of rotatable bonds is 2. The Morgan fingerprint density at radius 2 is 2.31 bits per heavy atom. The Kier molecular flexibility index (Phi) is 1.86. The fraction of sp³-hybridized carbons (Fsp3) is 0.250. The molecule has 5 nitrogen and oxygen atoms in total. The molecule has 2 aromatic heterocycles. The van der Waals surface area contributed by atoms with E-state index in [-0.39, 0.29) is 12.4 Å². The first-order valence-electron chi connectivity index (χ1n) is 3.95. The van der Waals surface area contributed by atoms with Crippen LogP contribution in [0.4, 0.5) is 0 Å². The number of aliphatic hydroxyl groups is 1. The monoisotopic (exact) mass is 179 g/mol. The second-order valence-electron chi connectivity index (χ2n) is 2.66. The molecule has 0 aliphatic rings. The van der Waals surface area contributed by atoms with E-state index in [0.29, 0.717) is 17.9 Å². The van der Waals surface area contributed by atoms with Gasteiger partial charge in [-0.1, -0.05) is 0 Å². The Morgan fingerprint density at radius 1 is 1.46 bits per heavy atom. The van der Waals surface area contributed by atoms with Gasteiger partial charge in [-0.15, -0.1) is 0 Å². The second kappa shape index (κ2) is 3.02. The summed E-state index contributed by atoms with van der Waals surface area (Å²) in [6, 6.07) is 3.23. The molecule has 0 radical (unpaired) electrons. The van der Waals surface area contributed by atoms with Crippen molar-refractivity contribution in [2.45, 2.75) is 6.42 Å². The minimum absolute atomic E-state index is 0.0116. The van der Waals surface area contributed by atoms with Gasteiger partial charge in [0.15, 0.2) is 17.2 Å². The van der Waals surface area contributed by atoms with E-state index in [2.05, 4.69) is 10.1 Å². The van der Waals surface area contributed by atoms with Gasteiger partial charge in [-0.3, -0.25) is 0 Å². The van der Waals surface area contributed by atoms with E-state index >= 15 is 0 Å². The van der Waals surface area contributed by atoms with Crippen LogP contribution in [0, 0.1) is 0 Å². The SMILES string of the molecule is OCCc1nc2c(O)cccn2n1. The lowest BCUT2D eigenvalue weighted by molar-refractivity contribution is 0.296. The molecule has 0 fully saturated rings. The van der Waals surface area contributed by atoms with E-state index in [9.17, 15) is 5.11 Å². The Hall–Kier alpha value is -1.62. The van der Waals surface area contributed by atoms with Gasteiger partial charge in [-0.05, 0) is 12.1 Å². The summed E-state index contributed by atoms with van der Waals surface area (Å²) in [5.74, 6) is 0.628. The molecule has 0 aliphatic carbocycles. The summed E-state index contributed by atoms with van der Waals surface area (Å²) in [5.41, 5.74) is 0.422. The van der Waals surface area contributed by atoms with Crippen molar-refractivity contribution in [1.29, 1.82) is 0 Å². The summed E-state index contributed by atoms with van der Waals surface area (Å²) in [7, 11) is 0. The van der Waals surface area contributed by atoms with Crippen LogP contribution in [0.3, 0.4) is 0 Å². The van der Waals surface area contributed by atoms with Crippen molar-refractivity contribution < 1.29 is 10.2 Å². The summed E-state index contributed by atoms with van der Waals surface area (Å²) < 4.78 is 1.49. The van der Waals surface area contributed by atoms with Gasteiger partial charge in [-0.2, -0.15) is 5.10 Å². The van der Waals surface area contributed by atoms with Gasteiger partial charge in [-0.25, -0.2) is 9.50 Å². The van der Waals surface area contributed by atoms with Gasteiger partial charge in [0.25, 0.3) is 0 Å². The van der Waals surface area contributed by atoms with Gasteiger partial charge < -0.3 is 10.2 Å². The van der Waals surface area contributed by atoms with Crippen molar-refractivity contribution in [1.82, 2.24) is 14.6 Å². The number of aromatic hydroxyl groups is 1. The lowest BCUT2D eigenvalue weighted by atomic mass is 10.4. The minimum atomic E-state index is 0.0116.